The smallest absolute Gasteiger partial charge is 0.361 e. The summed E-state index contributed by atoms with van der Waals surface area (Å²) in [4.78, 5) is 0. The number of rotatable bonds is 6. The molecule has 0 N–H and O–H groups in total. The Balaban J connectivity index is 0.000000789. The molecular formula is C45H37ClO6. The Morgan fingerprint density at radius 3 is 1.81 bits per heavy atom. The fourth-order valence-electron chi connectivity index (χ4n) is 7.07. The van der Waals surface area contributed by atoms with Crippen molar-refractivity contribution in [3.8, 4) is 22.5 Å². The molecule has 0 saturated carbocycles. The molecule has 0 unspecified atom stereocenters. The molecule has 8 rings (SSSR count). The van der Waals surface area contributed by atoms with Crippen LogP contribution in [0.15, 0.2) is 173 Å². The molecule has 0 amide bonds. The summed E-state index contributed by atoms with van der Waals surface area (Å²) in [5, 5.41) is 0. The maximum absolute atomic E-state index is 8.49. The Hall–Kier alpha value is -5.34. The van der Waals surface area contributed by atoms with Crippen molar-refractivity contribution in [2.45, 2.75) is 38.5 Å². The van der Waals surface area contributed by atoms with E-state index in [1.807, 2.05) is 0 Å². The first-order chi connectivity index (χ1) is 25.3. The van der Waals surface area contributed by atoms with Crippen LogP contribution in [0.3, 0.4) is 0 Å². The minimum absolute atomic E-state index is 0.899. The highest BCUT2D eigenvalue weighted by atomic mass is 35.7. The van der Waals surface area contributed by atoms with E-state index in [4.69, 9.17) is 27.8 Å². The number of benzene rings is 4. The summed E-state index contributed by atoms with van der Waals surface area (Å²) in [6.45, 7) is 0. The van der Waals surface area contributed by atoms with Crippen molar-refractivity contribution in [3.63, 3.8) is 0 Å². The first-order valence-electron chi connectivity index (χ1n) is 17.4. The fraction of sp³-hybridized carbons (Fsp3) is 0.133. The highest BCUT2D eigenvalue weighted by Crippen LogP contribution is 2.44. The molecule has 52 heavy (non-hydrogen) atoms. The van der Waals surface area contributed by atoms with Crippen molar-refractivity contribution in [1.29, 1.82) is 0 Å². The second kappa shape index (κ2) is 15.9. The van der Waals surface area contributed by atoms with Crippen molar-refractivity contribution in [1.82, 2.24) is 0 Å². The molecule has 4 aromatic carbocycles. The van der Waals surface area contributed by atoms with Crippen LogP contribution in [0.1, 0.15) is 54.6 Å². The molecule has 0 bridgehead atoms. The average molecular weight is 709 g/mol. The third-order valence-corrected chi connectivity index (χ3v) is 9.38. The Labute approximate surface area is 306 Å². The van der Waals surface area contributed by atoms with Crippen LogP contribution in [0.4, 0.5) is 0 Å². The zero-order chi connectivity index (χ0) is 35.9. The summed E-state index contributed by atoms with van der Waals surface area (Å²) in [5.74, 6) is 3.82. The van der Waals surface area contributed by atoms with Gasteiger partial charge in [0.15, 0.2) is 0 Å². The van der Waals surface area contributed by atoms with Gasteiger partial charge in [-0.25, -0.2) is 23.1 Å². The largest absolute Gasteiger partial charge is 0.456 e. The Bertz CT molecular complexity index is 2170. The molecule has 7 heteroatoms. The van der Waals surface area contributed by atoms with Gasteiger partial charge in [0.1, 0.15) is 11.5 Å². The zero-order valence-corrected chi connectivity index (χ0v) is 29.3. The van der Waals surface area contributed by atoms with Crippen LogP contribution in [0.5, 0.6) is 0 Å². The van der Waals surface area contributed by atoms with E-state index in [1.54, 1.807) is 0 Å². The van der Waals surface area contributed by atoms with E-state index in [0.29, 0.717) is 0 Å². The molecule has 1 aromatic heterocycles. The molecule has 0 saturated heterocycles. The van der Waals surface area contributed by atoms with Gasteiger partial charge in [-0.3, -0.25) is 0 Å². The lowest BCUT2D eigenvalue weighted by atomic mass is 9.85. The van der Waals surface area contributed by atoms with E-state index < -0.39 is 10.2 Å². The highest BCUT2D eigenvalue weighted by molar-refractivity contribution is 5.88. The number of ether oxygens (including phenoxy) is 1. The minimum atomic E-state index is -4.94. The molecule has 1 aliphatic heterocycles. The molecule has 0 atom stereocenters. The molecule has 2 aliphatic carbocycles. The molecule has 5 aromatic rings. The number of halogens is 1. The summed E-state index contributed by atoms with van der Waals surface area (Å²) in [6, 6.07) is 44.6. The number of hydrogen-bond acceptors (Lipinski definition) is 5. The number of fused-ring (bicyclic) bond motifs is 2. The zero-order valence-electron chi connectivity index (χ0n) is 28.5. The van der Waals surface area contributed by atoms with Gasteiger partial charge in [0.2, 0.25) is 0 Å². The summed E-state index contributed by atoms with van der Waals surface area (Å²) < 4.78 is 47.5. The molecule has 0 radical (unpaired) electrons. The maximum atomic E-state index is 8.49. The monoisotopic (exact) mass is 708 g/mol. The van der Waals surface area contributed by atoms with Gasteiger partial charge in [0.25, 0.3) is 0 Å². The number of hydrogen-bond donors (Lipinski definition) is 0. The van der Waals surface area contributed by atoms with Crippen LogP contribution < -0.4 is 18.6 Å². The second-order valence-electron chi connectivity index (χ2n) is 12.8. The van der Waals surface area contributed by atoms with Crippen LogP contribution >= 0.6 is 0 Å². The molecule has 2 heterocycles. The van der Waals surface area contributed by atoms with Crippen molar-refractivity contribution in [3.05, 3.63) is 191 Å². The SMILES string of the molecule is C1=C(c2ccccc2)OC2=C(/C=C/C=C3\CCCc4c(-c5ccccc5)cc(-c5ccccc5)[o+]c43)CCCC2=C1c1ccccc1.[O-][Cl+3]([O-])([O-])[O-]. The van der Waals surface area contributed by atoms with E-state index >= 15 is 0 Å². The molecule has 260 valence electrons. The Morgan fingerprint density at radius 1 is 0.615 bits per heavy atom. The topological polar surface area (TPSA) is 113 Å². The average Bonchev–Trinajstić information content (AvgIpc) is 3.18. The van der Waals surface area contributed by atoms with Crippen molar-refractivity contribution >= 4 is 16.9 Å². The third kappa shape index (κ3) is 8.40. The summed E-state index contributed by atoms with van der Waals surface area (Å²) >= 11 is 0. The second-order valence-corrected chi connectivity index (χ2v) is 13.5. The van der Waals surface area contributed by atoms with Crippen LogP contribution in [0, 0.1) is 10.2 Å². The van der Waals surface area contributed by atoms with Crippen molar-refractivity contribution in [2.75, 3.05) is 0 Å². The van der Waals surface area contributed by atoms with Crippen LogP contribution in [0.25, 0.3) is 39.4 Å². The first kappa shape index (κ1) is 35.1. The van der Waals surface area contributed by atoms with Gasteiger partial charge in [-0.15, -0.1) is 10.2 Å². The molecule has 3 aliphatic rings. The fourth-order valence-corrected chi connectivity index (χ4v) is 7.07. The van der Waals surface area contributed by atoms with Gasteiger partial charge in [0.05, 0.1) is 22.8 Å². The highest BCUT2D eigenvalue weighted by Gasteiger charge is 2.31. The summed E-state index contributed by atoms with van der Waals surface area (Å²) in [7, 11) is -4.94. The van der Waals surface area contributed by atoms with E-state index in [-0.39, 0.29) is 0 Å². The Kier molecular flexibility index (Phi) is 10.7. The van der Waals surface area contributed by atoms with E-state index in [2.05, 4.69) is 152 Å². The third-order valence-electron chi connectivity index (χ3n) is 9.38. The normalized spacial score (nSPS) is 16.5. The van der Waals surface area contributed by atoms with Gasteiger partial charge in [-0.2, -0.15) is 0 Å². The standard InChI is InChI=1S/C45H37O2.ClHO4/c1-5-16-32(17-6-1)40-30-42(34-20-9-3-10-21-34)46-44-36(26-14-28-38(40)44)24-13-25-37-27-15-29-39-41(33-18-7-2-8-19-33)31-43(47-45(37)39)35-22-11-4-12-23-35;2-1(3,4)5/h1-13,16-25,30-31H,14-15,26-29H2;(H,2,3,4,5)/q+1;/p-1. The van der Waals surface area contributed by atoms with Gasteiger partial charge >= 0.3 is 11.5 Å². The Morgan fingerprint density at radius 2 is 1.17 bits per heavy atom. The number of allylic oxidation sites excluding steroid dienone is 8. The first-order valence-corrected chi connectivity index (χ1v) is 18.6. The minimum Gasteiger partial charge on any atom is -0.456 e. The van der Waals surface area contributed by atoms with Gasteiger partial charge in [-0.05, 0) is 85.1 Å². The van der Waals surface area contributed by atoms with Crippen LogP contribution in [-0.4, -0.2) is 0 Å². The van der Waals surface area contributed by atoms with E-state index in [0.717, 1.165) is 72.7 Å². The van der Waals surface area contributed by atoms with Crippen molar-refractivity contribution in [2.24, 2.45) is 0 Å². The van der Waals surface area contributed by atoms with Crippen LogP contribution in [0.2, 0.25) is 0 Å². The van der Waals surface area contributed by atoms with E-state index in [9.17, 15) is 0 Å². The van der Waals surface area contributed by atoms with Gasteiger partial charge < -0.3 is 4.74 Å². The predicted molar refractivity (Wildman–Crippen MR) is 194 cm³/mol. The quantitative estimate of drug-likeness (QED) is 0.170. The lowest BCUT2D eigenvalue weighted by Gasteiger charge is -2.29. The lowest BCUT2D eigenvalue weighted by Crippen LogP contribution is -2.68. The van der Waals surface area contributed by atoms with Crippen LogP contribution in [-0.2, 0) is 11.2 Å². The van der Waals surface area contributed by atoms with Gasteiger partial charge in [0, 0.05) is 16.7 Å². The summed E-state index contributed by atoms with van der Waals surface area (Å²) in [5.41, 5.74) is 12.2. The lowest BCUT2D eigenvalue weighted by molar-refractivity contribution is -2.00. The van der Waals surface area contributed by atoms with E-state index in [1.165, 1.54) is 44.5 Å². The molecule has 0 spiro atoms. The molecule has 0 fully saturated rings. The summed E-state index contributed by atoms with van der Waals surface area (Å²) in [6.07, 6.45) is 15.2. The van der Waals surface area contributed by atoms with Gasteiger partial charge in [-0.1, -0.05) is 121 Å². The molecular weight excluding hydrogens is 672 g/mol. The predicted octanol–water partition coefficient (Wildman–Crippen LogP) is 7.38. The maximum Gasteiger partial charge on any atom is 0.361 e. The molecule has 6 nitrogen and oxygen atoms in total. The van der Waals surface area contributed by atoms with Crippen molar-refractivity contribution < 1.29 is 38.0 Å².